The van der Waals surface area contributed by atoms with E-state index < -0.39 is 17.3 Å². The third-order valence-corrected chi connectivity index (χ3v) is 3.60. The van der Waals surface area contributed by atoms with Crippen molar-refractivity contribution >= 4 is 5.69 Å². The number of nitrogens with one attached hydrogen (secondary N) is 1. The maximum atomic E-state index is 13.3. The van der Waals surface area contributed by atoms with Gasteiger partial charge >= 0.3 is 6.18 Å². The van der Waals surface area contributed by atoms with Gasteiger partial charge in [0.05, 0.1) is 17.7 Å². The highest BCUT2D eigenvalue weighted by molar-refractivity contribution is 5.57. The number of nitrogens with zero attached hydrogens (tertiary/aromatic N) is 1. The molecule has 0 radical (unpaired) electrons. The Morgan fingerprint density at radius 3 is 2.33 bits per heavy atom. The number of hydrogen-bond acceptors (Lipinski definition) is 3. The lowest BCUT2D eigenvalue weighted by Crippen LogP contribution is -2.45. The summed E-state index contributed by atoms with van der Waals surface area (Å²) in [5.41, 5.74) is -0.796. The van der Waals surface area contributed by atoms with Gasteiger partial charge < -0.3 is 15.3 Å². The average Bonchev–Trinajstić information content (AvgIpc) is 2.43. The highest BCUT2D eigenvalue weighted by Crippen LogP contribution is 2.38. The molecule has 0 aromatic heterocycles. The van der Waals surface area contributed by atoms with Gasteiger partial charge in [0.1, 0.15) is 0 Å². The molecule has 2 N–H and O–H groups in total. The number of alkyl halides is 3. The second-order valence-electron chi connectivity index (χ2n) is 5.66. The Labute approximate surface area is 123 Å². The number of aliphatic hydroxyl groups excluding tert-OH is 1. The number of rotatable bonds is 6. The largest absolute Gasteiger partial charge is 0.418 e. The number of halogens is 3. The Bertz CT molecular complexity index is 472. The minimum atomic E-state index is -4.43. The average molecular weight is 304 g/mol. The molecule has 6 heteroatoms. The maximum Gasteiger partial charge on any atom is 0.418 e. The monoisotopic (exact) mass is 304 g/mol. The molecule has 21 heavy (non-hydrogen) atoms. The normalized spacial score (nSPS) is 12.6. The summed E-state index contributed by atoms with van der Waals surface area (Å²) in [7, 11) is 1.56. The summed E-state index contributed by atoms with van der Waals surface area (Å²) in [6.07, 6.45) is -4.43. The minimum Gasteiger partial charge on any atom is -0.394 e. The van der Waals surface area contributed by atoms with E-state index in [1.54, 1.807) is 27.0 Å². The fourth-order valence-corrected chi connectivity index (χ4v) is 1.91. The molecule has 0 fully saturated rings. The molecule has 0 bridgehead atoms. The first-order valence-electron chi connectivity index (χ1n) is 6.89. The molecule has 1 aromatic carbocycles. The zero-order valence-corrected chi connectivity index (χ0v) is 12.9. The zero-order chi connectivity index (χ0) is 16.3. The minimum absolute atomic E-state index is 0.0711. The Morgan fingerprint density at radius 1 is 1.24 bits per heavy atom. The van der Waals surface area contributed by atoms with Crippen molar-refractivity contribution in [1.82, 2.24) is 5.32 Å². The third-order valence-electron chi connectivity index (χ3n) is 3.60. The van der Waals surface area contributed by atoms with Crippen LogP contribution in [0.4, 0.5) is 18.9 Å². The summed E-state index contributed by atoms with van der Waals surface area (Å²) >= 11 is 0. The number of aliphatic hydroxyl groups is 1. The van der Waals surface area contributed by atoms with E-state index in [4.69, 9.17) is 0 Å². The molecule has 0 amide bonds. The standard InChI is InChI=1S/C15H23F3N2O/c1-5-19-9-11-6-7-13(12(8-11)15(16,17)18)20(4)14(2,3)10-21/h6-8,19,21H,5,9-10H2,1-4H3. The van der Waals surface area contributed by atoms with Crippen molar-refractivity contribution in [3.8, 4) is 0 Å². The lowest BCUT2D eigenvalue weighted by molar-refractivity contribution is -0.137. The van der Waals surface area contributed by atoms with Gasteiger partial charge in [-0.15, -0.1) is 0 Å². The summed E-state index contributed by atoms with van der Waals surface area (Å²) in [5, 5.41) is 12.4. The second kappa shape index (κ2) is 6.66. The van der Waals surface area contributed by atoms with Crippen molar-refractivity contribution in [3.63, 3.8) is 0 Å². The summed E-state index contributed by atoms with van der Waals surface area (Å²) in [5.74, 6) is 0. The van der Waals surface area contributed by atoms with Crippen LogP contribution in [0.2, 0.25) is 0 Å². The van der Waals surface area contributed by atoms with Gasteiger partial charge in [0.25, 0.3) is 0 Å². The predicted molar refractivity (Wildman–Crippen MR) is 78.4 cm³/mol. The van der Waals surface area contributed by atoms with Crippen molar-refractivity contribution in [2.24, 2.45) is 0 Å². The topological polar surface area (TPSA) is 35.5 Å². The van der Waals surface area contributed by atoms with Crippen LogP contribution in [0.25, 0.3) is 0 Å². The molecule has 0 unspecified atom stereocenters. The molecular weight excluding hydrogens is 281 g/mol. The van der Waals surface area contributed by atoms with Crippen LogP contribution in [0.5, 0.6) is 0 Å². The van der Waals surface area contributed by atoms with Crippen molar-refractivity contribution in [2.45, 2.75) is 39.0 Å². The predicted octanol–water partition coefficient (Wildman–Crippen LogP) is 3.02. The van der Waals surface area contributed by atoms with Gasteiger partial charge in [0, 0.05) is 19.3 Å². The van der Waals surface area contributed by atoms with Crippen molar-refractivity contribution in [3.05, 3.63) is 29.3 Å². The van der Waals surface area contributed by atoms with Crippen molar-refractivity contribution < 1.29 is 18.3 Å². The number of hydrogen-bond donors (Lipinski definition) is 2. The van der Waals surface area contributed by atoms with Gasteiger partial charge in [-0.25, -0.2) is 0 Å². The molecule has 120 valence electrons. The zero-order valence-electron chi connectivity index (χ0n) is 12.9. The van der Waals surface area contributed by atoms with E-state index in [-0.39, 0.29) is 12.3 Å². The molecule has 0 heterocycles. The van der Waals surface area contributed by atoms with Gasteiger partial charge in [0.2, 0.25) is 0 Å². The Hall–Kier alpha value is -1.27. The number of benzene rings is 1. The van der Waals surface area contributed by atoms with Crippen molar-refractivity contribution in [2.75, 3.05) is 25.1 Å². The number of anilines is 1. The quantitative estimate of drug-likeness (QED) is 0.848. The van der Waals surface area contributed by atoms with Gasteiger partial charge in [-0.2, -0.15) is 13.2 Å². The second-order valence-corrected chi connectivity index (χ2v) is 5.66. The highest BCUT2D eigenvalue weighted by Gasteiger charge is 2.37. The molecule has 1 aromatic rings. The van der Waals surface area contributed by atoms with Crippen LogP contribution in [0, 0.1) is 0 Å². The van der Waals surface area contributed by atoms with Gasteiger partial charge in [0.15, 0.2) is 0 Å². The number of likely N-dealkylation sites (N-methyl/N-ethyl adjacent to an activating group) is 1. The van der Waals surface area contributed by atoms with E-state index in [0.29, 0.717) is 18.7 Å². The smallest absolute Gasteiger partial charge is 0.394 e. The van der Waals surface area contributed by atoms with Crippen LogP contribution in [-0.4, -0.2) is 30.8 Å². The first-order valence-corrected chi connectivity index (χ1v) is 6.89. The van der Waals surface area contributed by atoms with Crippen LogP contribution in [0.15, 0.2) is 18.2 Å². The summed E-state index contributed by atoms with van der Waals surface area (Å²) in [6, 6.07) is 4.31. The van der Waals surface area contributed by atoms with Gasteiger partial charge in [-0.05, 0) is 38.1 Å². The van der Waals surface area contributed by atoms with E-state index in [1.807, 2.05) is 6.92 Å². The molecule has 0 aliphatic carbocycles. The Morgan fingerprint density at radius 2 is 1.86 bits per heavy atom. The summed E-state index contributed by atoms with van der Waals surface area (Å²) in [4.78, 5) is 1.47. The molecule has 0 aliphatic heterocycles. The van der Waals surface area contributed by atoms with E-state index in [1.165, 1.54) is 17.0 Å². The Balaban J connectivity index is 3.26. The molecule has 3 nitrogen and oxygen atoms in total. The summed E-state index contributed by atoms with van der Waals surface area (Å²) in [6.45, 7) is 6.14. The fourth-order valence-electron chi connectivity index (χ4n) is 1.91. The lowest BCUT2D eigenvalue weighted by atomic mass is 10.0. The maximum absolute atomic E-state index is 13.3. The van der Waals surface area contributed by atoms with Crippen LogP contribution < -0.4 is 10.2 Å². The SMILES string of the molecule is CCNCc1ccc(N(C)C(C)(C)CO)c(C(F)(F)F)c1. The highest BCUT2D eigenvalue weighted by atomic mass is 19.4. The first-order chi connectivity index (χ1) is 9.63. The Kier molecular flexibility index (Phi) is 5.64. The van der Waals surface area contributed by atoms with Crippen LogP contribution in [-0.2, 0) is 12.7 Å². The molecule has 0 spiro atoms. The van der Waals surface area contributed by atoms with E-state index in [9.17, 15) is 18.3 Å². The molecule has 0 saturated heterocycles. The molecule has 0 atom stereocenters. The summed E-state index contributed by atoms with van der Waals surface area (Å²) < 4.78 is 39.9. The fraction of sp³-hybridized carbons (Fsp3) is 0.600. The van der Waals surface area contributed by atoms with E-state index >= 15 is 0 Å². The van der Waals surface area contributed by atoms with Crippen molar-refractivity contribution in [1.29, 1.82) is 0 Å². The van der Waals surface area contributed by atoms with Gasteiger partial charge in [-0.1, -0.05) is 13.0 Å². The lowest BCUT2D eigenvalue weighted by Gasteiger charge is -2.37. The molecule has 1 rings (SSSR count). The third kappa shape index (κ3) is 4.35. The van der Waals surface area contributed by atoms with E-state index in [2.05, 4.69) is 5.32 Å². The molecule has 0 saturated carbocycles. The van der Waals surface area contributed by atoms with E-state index in [0.717, 1.165) is 0 Å². The van der Waals surface area contributed by atoms with Gasteiger partial charge in [-0.3, -0.25) is 0 Å². The first kappa shape index (κ1) is 17.8. The molecular formula is C15H23F3N2O. The van der Waals surface area contributed by atoms with Crippen LogP contribution >= 0.6 is 0 Å². The van der Waals surface area contributed by atoms with Crippen LogP contribution in [0.1, 0.15) is 31.9 Å². The molecule has 0 aliphatic rings. The van der Waals surface area contributed by atoms with Crippen LogP contribution in [0.3, 0.4) is 0 Å².